The quantitative estimate of drug-likeness (QED) is 0.624. The Morgan fingerprint density at radius 3 is 2.59 bits per heavy atom. The number of ether oxygens (including phenoxy) is 2. The molecule has 0 spiro atoms. The van der Waals surface area contributed by atoms with E-state index in [0.717, 1.165) is 42.4 Å². The van der Waals surface area contributed by atoms with Crippen LogP contribution in [0.3, 0.4) is 0 Å². The molecule has 0 unspecified atom stereocenters. The molecular formula is C25H29ClN2O4. The average Bonchev–Trinajstić information content (AvgIpc) is 3.28. The van der Waals surface area contributed by atoms with Crippen LogP contribution in [0.1, 0.15) is 54.8 Å². The second-order valence-corrected chi connectivity index (χ2v) is 8.71. The summed E-state index contributed by atoms with van der Waals surface area (Å²) in [5.41, 5.74) is 2.60. The lowest BCUT2D eigenvalue weighted by atomic mass is 9.94. The third-order valence-electron chi connectivity index (χ3n) is 6.22. The molecule has 7 heteroatoms. The zero-order valence-electron chi connectivity index (χ0n) is 18.3. The van der Waals surface area contributed by atoms with Crippen molar-refractivity contribution in [1.82, 2.24) is 10.2 Å². The fourth-order valence-electron chi connectivity index (χ4n) is 4.51. The van der Waals surface area contributed by atoms with E-state index < -0.39 is 6.04 Å². The lowest BCUT2D eigenvalue weighted by molar-refractivity contribution is -0.140. The Balaban J connectivity index is 1.67. The molecule has 2 amide bonds. The number of aryl methyl sites for hydroxylation is 1. The molecule has 1 saturated carbocycles. The zero-order valence-corrected chi connectivity index (χ0v) is 19.1. The molecule has 1 aliphatic heterocycles. The van der Waals surface area contributed by atoms with E-state index in [1.165, 1.54) is 6.42 Å². The fourth-order valence-corrected chi connectivity index (χ4v) is 4.66. The number of carbonyl (C=O) groups is 2. The van der Waals surface area contributed by atoms with Crippen molar-refractivity contribution < 1.29 is 19.1 Å². The molecule has 32 heavy (non-hydrogen) atoms. The monoisotopic (exact) mass is 456 g/mol. The molecule has 6 nitrogen and oxygen atoms in total. The van der Waals surface area contributed by atoms with Crippen LogP contribution in [0.15, 0.2) is 42.5 Å². The van der Waals surface area contributed by atoms with Crippen LogP contribution in [0, 0.1) is 6.92 Å². The highest BCUT2D eigenvalue weighted by molar-refractivity contribution is 6.27. The van der Waals surface area contributed by atoms with Crippen molar-refractivity contribution in [3.63, 3.8) is 0 Å². The van der Waals surface area contributed by atoms with Crippen LogP contribution in [0.2, 0.25) is 0 Å². The van der Waals surface area contributed by atoms with Gasteiger partial charge >= 0.3 is 0 Å². The third-order valence-corrected chi connectivity index (χ3v) is 6.45. The van der Waals surface area contributed by atoms with Crippen LogP contribution in [-0.2, 0) is 16.1 Å². The van der Waals surface area contributed by atoms with Gasteiger partial charge < -0.3 is 19.7 Å². The number of hydrogen-bond acceptors (Lipinski definition) is 4. The van der Waals surface area contributed by atoms with Crippen molar-refractivity contribution >= 4 is 23.4 Å². The Bertz CT molecular complexity index is 974. The highest BCUT2D eigenvalue weighted by atomic mass is 35.5. The number of nitrogens with one attached hydrogen (secondary N) is 1. The summed E-state index contributed by atoms with van der Waals surface area (Å²) in [6.07, 6.45) is 5.37. The minimum absolute atomic E-state index is 0.140. The maximum absolute atomic E-state index is 13.6. The zero-order chi connectivity index (χ0) is 22.5. The number of alkyl halides is 1. The van der Waals surface area contributed by atoms with Crippen LogP contribution >= 0.6 is 11.6 Å². The summed E-state index contributed by atoms with van der Waals surface area (Å²) in [4.78, 5) is 28.2. The summed E-state index contributed by atoms with van der Waals surface area (Å²) in [5.74, 6) is 0.653. The minimum Gasteiger partial charge on any atom is -0.454 e. The molecule has 1 heterocycles. The van der Waals surface area contributed by atoms with Crippen LogP contribution in [0.4, 0.5) is 0 Å². The van der Waals surface area contributed by atoms with Crippen LogP contribution < -0.4 is 14.8 Å². The topological polar surface area (TPSA) is 67.9 Å². The Morgan fingerprint density at radius 1 is 1.09 bits per heavy atom. The molecule has 0 aromatic heterocycles. The number of carbonyl (C=O) groups excluding carboxylic acids is 2. The van der Waals surface area contributed by atoms with Gasteiger partial charge in [-0.15, -0.1) is 11.6 Å². The van der Waals surface area contributed by atoms with Gasteiger partial charge in [-0.3, -0.25) is 9.59 Å². The van der Waals surface area contributed by atoms with Crippen molar-refractivity contribution in [3.8, 4) is 11.5 Å². The summed E-state index contributed by atoms with van der Waals surface area (Å²) < 4.78 is 10.9. The first-order chi connectivity index (χ1) is 15.6. The summed E-state index contributed by atoms with van der Waals surface area (Å²) in [7, 11) is 0. The average molecular weight is 457 g/mol. The summed E-state index contributed by atoms with van der Waals surface area (Å²) in [6.45, 7) is 2.37. The molecule has 4 rings (SSSR count). The van der Waals surface area contributed by atoms with Gasteiger partial charge in [0.1, 0.15) is 11.9 Å². The molecule has 0 saturated heterocycles. The predicted octanol–water partition coefficient (Wildman–Crippen LogP) is 4.48. The number of amides is 2. The van der Waals surface area contributed by atoms with E-state index in [9.17, 15) is 9.59 Å². The van der Waals surface area contributed by atoms with Crippen LogP contribution in [0.5, 0.6) is 11.5 Å². The number of hydrogen-bond donors (Lipinski definition) is 1. The van der Waals surface area contributed by atoms with Crippen molar-refractivity contribution in [2.24, 2.45) is 0 Å². The van der Waals surface area contributed by atoms with E-state index in [1.807, 2.05) is 49.4 Å². The number of rotatable bonds is 7. The molecular weight excluding hydrogens is 428 g/mol. The van der Waals surface area contributed by atoms with Crippen molar-refractivity contribution in [1.29, 1.82) is 0 Å². The normalized spacial score (nSPS) is 16.4. The van der Waals surface area contributed by atoms with Crippen molar-refractivity contribution in [2.45, 2.75) is 57.7 Å². The lowest BCUT2D eigenvalue weighted by Gasteiger charge is -2.34. The maximum Gasteiger partial charge on any atom is 0.247 e. The van der Waals surface area contributed by atoms with Gasteiger partial charge in [0.05, 0.1) is 0 Å². The van der Waals surface area contributed by atoms with E-state index in [2.05, 4.69) is 5.32 Å². The fraction of sp³-hybridized carbons (Fsp3) is 0.440. The first-order valence-corrected chi connectivity index (χ1v) is 11.7. The Hall–Kier alpha value is -2.73. The number of halogens is 1. The maximum atomic E-state index is 13.6. The Labute approximate surface area is 193 Å². The lowest BCUT2D eigenvalue weighted by Crippen LogP contribution is -2.47. The van der Waals surface area contributed by atoms with Crippen LogP contribution in [0.25, 0.3) is 0 Å². The summed E-state index contributed by atoms with van der Waals surface area (Å²) >= 11 is 6.01. The number of benzene rings is 2. The molecule has 1 N–H and O–H groups in total. The molecule has 2 aromatic rings. The van der Waals surface area contributed by atoms with Gasteiger partial charge in [-0.2, -0.15) is 0 Å². The van der Waals surface area contributed by atoms with E-state index in [1.54, 1.807) is 4.90 Å². The van der Waals surface area contributed by atoms with Gasteiger partial charge in [0.2, 0.25) is 18.6 Å². The number of nitrogens with zero attached hydrogens (tertiary/aromatic N) is 1. The molecule has 1 fully saturated rings. The molecule has 2 aromatic carbocycles. The summed E-state index contributed by atoms with van der Waals surface area (Å²) in [6, 6.07) is 12.6. The molecule has 1 aliphatic carbocycles. The first kappa shape index (κ1) is 22.5. The van der Waals surface area contributed by atoms with Crippen molar-refractivity contribution in [2.75, 3.05) is 12.7 Å². The predicted molar refractivity (Wildman–Crippen MR) is 123 cm³/mol. The highest BCUT2D eigenvalue weighted by Gasteiger charge is 2.33. The largest absolute Gasteiger partial charge is 0.454 e. The first-order valence-electron chi connectivity index (χ1n) is 11.2. The van der Waals surface area contributed by atoms with E-state index in [0.29, 0.717) is 11.5 Å². The van der Waals surface area contributed by atoms with Crippen molar-refractivity contribution in [3.05, 3.63) is 59.2 Å². The third kappa shape index (κ3) is 5.01. The van der Waals surface area contributed by atoms with Gasteiger partial charge in [0.15, 0.2) is 11.5 Å². The highest BCUT2D eigenvalue weighted by Crippen LogP contribution is 2.34. The Morgan fingerprint density at radius 2 is 1.84 bits per heavy atom. The molecule has 2 aliphatic rings. The van der Waals surface area contributed by atoms with Gasteiger partial charge in [0, 0.05) is 12.6 Å². The van der Waals surface area contributed by atoms with Gasteiger partial charge in [0.25, 0.3) is 0 Å². The number of fused-ring (bicyclic) bond motifs is 1. The van der Waals surface area contributed by atoms with E-state index in [4.69, 9.17) is 21.1 Å². The summed E-state index contributed by atoms with van der Waals surface area (Å²) in [5, 5.41) is 3.21. The SMILES string of the molecule is Cc1ccccc1[C@H](C(=O)NC1CCCCC1)N(Cc1ccc2c(c1)OCO2)C(=O)CCl. The Kier molecular flexibility index (Phi) is 7.20. The molecule has 170 valence electrons. The molecule has 1 atom stereocenters. The van der Waals surface area contributed by atoms with Gasteiger partial charge in [-0.1, -0.05) is 49.6 Å². The van der Waals surface area contributed by atoms with E-state index in [-0.39, 0.29) is 37.1 Å². The van der Waals surface area contributed by atoms with Crippen LogP contribution in [-0.4, -0.2) is 35.4 Å². The van der Waals surface area contributed by atoms with Gasteiger partial charge in [-0.25, -0.2) is 0 Å². The standard InChI is InChI=1S/C25H29ClN2O4/c1-17-7-5-6-10-20(17)24(25(30)27-19-8-3-2-4-9-19)28(23(29)14-26)15-18-11-12-21-22(13-18)32-16-31-21/h5-7,10-13,19,24H,2-4,8-9,14-16H2,1H3,(H,27,30)/t24-/m1/s1. The second kappa shape index (κ2) is 10.3. The molecule has 0 radical (unpaired) electrons. The minimum atomic E-state index is -0.769. The van der Waals surface area contributed by atoms with Gasteiger partial charge in [-0.05, 0) is 48.6 Å². The smallest absolute Gasteiger partial charge is 0.247 e. The molecule has 0 bridgehead atoms. The second-order valence-electron chi connectivity index (χ2n) is 8.45. The van der Waals surface area contributed by atoms with E-state index >= 15 is 0 Å².